The molecule has 3 aromatic rings. The van der Waals surface area contributed by atoms with Gasteiger partial charge in [0.05, 0.1) is 10.6 Å². The summed E-state index contributed by atoms with van der Waals surface area (Å²) in [7, 11) is 0. The maximum Gasteiger partial charge on any atom is 0.262 e. The first kappa shape index (κ1) is 21.3. The van der Waals surface area contributed by atoms with Crippen molar-refractivity contribution >= 4 is 41.0 Å². The number of carbonyl (C=O) groups excluding carboxylic acids is 2. The predicted molar refractivity (Wildman–Crippen MR) is 130 cm³/mol. The van der Waals surface area contributed by atoms with Gasteiger partial charge in [0.2, 0.25) is 0 Å². The van der Waals surface area contributed by atoms with Crippen molar-refractivity contribution in [1.29, 1.82) is 0 Å². The summed E-state index contributed by atoms with van der Waals surface area (Å²) >= 11 is 1.44. The van der Waals surface area contributed by atoms with Crippen molar-refractivity contribution in [3.63, 3.8) is 0 Å². The van der Waals surface area contributed by atoms with Crippen LogP contribution in [0.5, 0.6) is 0 Å². The van der Waals surface area contributed by atoms with Crippen molar-refractivity contribution in [3.05, 3.63) is 94.6 Å². The van der Waals surface area contributed by atoms with Gasteiger partial charge in [-0.15, -0.1) is 0 Å². The summed E-state index contributed by atoms with van der Waals surface area (Å²) in [5.74, 6) is -0.385. The quantitative estimate of drug-likeness (QED) is 0.568. The van der Waals surface area contributed by atoms with Gasteiger partial charge in [-0.1, -0.05) is 36.0 Å². The Bertz CT molecular complexity index is 1220. The van der Waals surface area contributed by atoms with Crippen molar-refractivity contribution in [2.75, 3.05) is 36.4 Å². The molecule has 1 fully saturated rings. The van der Waals surface area contributed by atoms with Crippen LogP contribution in [0.25, 0.3) is 6.08 Å². The summed E-state index contributed by atoms with van der Waals surface area (Å²) in [5.41, 5.74) is 3.28. The average molecular weight is 460 g/mol. The Hall–Kier alpha value is -3.58. The predicted octanol–water partition coefficient (Wildman–Crippen LogP) is 4.87. The molecule has 0 saturated carbocycles. The van der Waals surface area contributed by atoms with Crippen LogP contribution >= 0.6 is 11.8 Å². The second-order valence-corrected chi connectivity index (χ2v) is 9.02. The van der Waals surface area contributed by atoms with Crippen molar-refractivity contribution in [2.45, 2.75) is 4.90 Å². The summed E-state index contributed by atoms with van der Waals surface area (Å²) in [6.07, 6.45) is 1.84. The van der Waals surface area contributed by atoms with Gasteiger partial charge in [0.15, 0.2) is 0 Å². The highest BCUT2D eigenvalue weighted by molar-refractivity contribution is 8.04. The fourth-order valence-electron chi connectivity index (χ4n) is 3.98. The number of nitrogens with zero attached hydrogens (tertiary/aromatic N) is 2. The molecule has 0 radical (unpaired) electrons. The van der Waals surface area contributed by atoms with E-state index in [0.717, 1.165) is 21.8 Å². The van der Waals surface area contributed by atoms with E-state index in [2.05, 4.69) is 10.2 Å². The zero-order valence-electron chi connectivity index (χ0n) is 17.8. The van der Waals surface area contributed by atoms with E-state index < -0.39 is 0 Å². The number of nitrogens with one attached hydrogen (secondary N) is 1. The highest BCUT2D eigenvalue weighted by Crippen LogP contribution is 2.38. The zero-order chi connectivity index (χ0) is 22.8. The number of rotatable bonds is 3. The minimum absolute atomic E-state index is 0.00771. The number of hydrogen-bond acceptors (Lipinski definition) is 4. The third-order valence-corrected chi connectivity index (χ3v) is 6.89. The lowest BCUT2D eigenvalue weighted by Gasteiger charge is -2.36. The number of hydrogen-bond donors (Lipinski definition) is 1. The summed E-state index contributed by atoms with van der Waals surface area (Å²) in [4.78, 5) is 31.0. The largest absolute Gasteiger partial charge is 0.368 e. The normalized spacial score (nSPS) is 17.0. The van der Waals surface area contributed by atoms with Gasteiger partial charge >= 0.3 is 0 Å². The minimum Gasteiger partial charge on any atom is -0.368 e. The standard InChI is InChI=1S/C26H22FN3O2S/c27-20-9-11-21(12-10-20)29-13-15-30(16-14-29)26(32)19-7-5-18(6-8-19)17-24-25(31)28-22-3-1-2-4-23(22)33-24/h1-12,17H,13-16H2,(H,28,31). The number of halogens is 1. The van der Waals surface area contributed by atoms with Gasteiger partial charge in [0, 0.05) is 42.3 Å². The molecule has 0 spiro atoms. The molecular weight excluding hydrogens is 437 g/mol. The number of anilines is 2. The smallest absolute Gasteiger partial charge is 0.262 e. The Labute approximate surface area is 195 Å². The molecule has 33 heavy (non-hydrogen) atoms. The van der Waals surface area contributed by atoms with Gasteiger partial charge < -0.3 is 15.1 Å². The third-order valence-electron chi connectivity index (χ3n) is 5.79. The van der Waals surface area contributed by atoms with Crippen LogP contribution in [0.3, 0.4) is 0 Å². The monoisotopic (exact) mass is 459 g/mol. The lowest BCUT2D eigenvalue weighted by molar-refractivity contribution is -0.112. The zero-order valence-corrected chi connectivity index (χ0v) is 18.6. The SMILES string of the molecule is O=C1Nc2ccccc2SC1=Cc1ccc(C(=O)N2CCN(c3ccc(F)cc3)CC2)cc1. The molecule has 7 heteroatoms. The molecule has 0 atom stereocenters. The molecule has 1 N–H and O–H groups in total. The van der Waals surface area contributed by atoms with Crippen LogP contribution in [0.15, 0.2) is 82.6 Å². The van der Waals surface area contributed by atoms with E-state index in [4.69, 9.17) is 0 Å². The fourth-order valence-corrected chi connectivity index (χ4v) is 4.93. The van der Waals surface area contributed by atoms with E-state index >= 15 is 0 Å². The number of para-hydroxylation sites is 1. The molecule has 0 unspecified atom stereocenters. The van der Waals surface area contributed by atoms with Crippen molar-refractivity contribution in [1.82, 2.24) is 4.90 Å². The topological polar surface area (TPSA) is 52.7 Å². The molecule has 1 saturated heterocycles. The minimum atomic E-state index is -0.251. The van der Waals surface area contributed by atoms with E-state index in [-0.39, 0.29) is 17.6 Å². The van der Waals surface area contributed by atoms with Crippen molar-refractivity contribution in [2.24, 2.45) is 0 Å². The highest BCUT2D eigenvalue weighted by atomic mass is 32.2. The molecule has 2 amide bonds. The van der Waals surface area contributed by atoms with Gasteiger partial charge in [-0.3, -0.25) is 9.59 Å². The first-order valence-corrected chi connectivity index (χ1v) is 11.6. The molecule has 0 aromatic heterocycles. The average Bonchev–Trinajstić information content (AvgIpc) is 2.85. The molecule has 166 valence electrons. The van der Waals surface area contributed by atoms with E-state index in [9.17, 15) is 14.0 Å². The maximum absolute atomic E-state index is 13.2. The maximum atomic E-state index is 13.2. The fraction of sp³-hybridized carbons (Fsp3) is 0.154. The lowest BCUT2D eigenvalue weighted by Crippen LogP contribution is -2.48. The number of benzene rings is 3. The molecular formula is C26H22FN3O2S. The first-order chi connectivity index (χ1) is 16.1. The molecule has 2 aliphatic heterocycles. The molecule has 2 heterocycles. The molecule has 0 bridgehead atoms. The number of thioether (sulfide) groups is 1. The molecule has 3 aromatic carbocycles. The number of amides is 2. The Morgan fingerprint density at radius 3 is 2.33 bits per heavy atom. The Morgan fingerprint density at radius 1 is 0.909 bits per heavy atom. The Morgan fingerprint density at radius 2 is 1.61 bits per heavy atom. The van der Waals surface area contributed by atoms with Gasteiger partial charge in [0.25, 0.3) is 11.8 Å². The Kier molecular flexibility index (Phi) is 5.88. The van der Waals surface area contributed by atoms with E-state index in [1.54, 1.807) is 24.3 Å². The highest BCUT2D eigenvalue weighted by Gasteiger charge is 2.23. The van der Waals surface area contributed by atoms with Crippen LogP contribution in [-0.2, 0) is 4.79 Å². The second-order valence-electron chi connectivity index (χ2n) is 7.94. The molecule has 2 aliphatic rings. The van der Waals surface area contributed by atoms with Crippen LogP contribution < -0.4 is 10.2 Å². The number of carbonyl (C=O) groups is 2. The first-order valence-electron chi connectivity index (χ1n) is 10.8. The van der Waals surface area contributed by atoms with E-state index in [1.807, 2.05) is 47.4 Å². The molecule has 0 aliphatic carbocycles. The van der Waals surface area contributed by atoms with Crippen LogP contribution in [0.2, 0.25) is 0 Å². The summed E-state index contributed by atoms with van der Waals surface area (Å²) in [6.45, 7) is 2.63. The summed E-state index contributed by atoms with van der Waals surface area (Å²) in [5, 5.41) is 2.91. The van der Waals surface area contributed by atoms with Crippen LogP contribution in [0, 0.1) is 5.82 Å². The number of fused-ring (bicyclic) bond motifs is 1. The molecule has 5 rings (SSSR count). The van der Waals surface area contributed by atoms with Gasteiger partial charge in [-0.05, 0) is 60.2 Å². The van der Waals surface area contributed by atoms with Crippen LogP contribution in [-0.4, -0.2) is 42.9 Å². The number of piperazine rings is 1. The van der Waals surface area contributed by atoms with Gasteiger partial charge in [-0.2, -0.15) is 0 Å². The Balaban J connectivity index is 1.23. The summed E-state index contributed by atoms with van der Waals surface area (Å²) in [6, 6.07) is 21.5. The van der Waals surface area contributed by atoms with Crippen molar-refractivity contribution in [3.8, 4) is 0 Å². The van der Waals surface area contributed by atoms with Crippen LogP contribution in [0.1, 0.15) is 15.9 Å². The second kappa shape index (κ2) is 9.11. The van der Waals surface area contributed by atoms with Crippen LogP contribution in [0.4, 0.5) is 15.8 Å². The van der Waals surface area contributed by atoms with Crippen molar-refractivity contribution < 1.29 is 14.0 Å². The van der Waals surface area contributed by atoms with Gasteiger partial charge in [0.1, 0.15) is 5.82 Å². The van der Waals surface area contributed by atoms with E-state index in [1.165, 1.54) is 23.9 Å². The summed E-state index contributed by atoms with van der Waals surface area (Å²) < 4.78 is 13.2. The van der Waals surface area contributed by atoms with Gasteiger partial charge in [-0.25, -0.2) is 4.39 Å². The van der Waals surface area contributed by atoms with E-state index in [0.29, 0.717) is 36.6 Å². The lowest BCUT2D eigenvalue weighted by atomic mass is 10.1. The third kappa shape index (κ3) is 4.64. The molecule has 5 nitrogen and oxygen atoms in total.